The number of hydrogen-bond acceptors (Lipinski definition) is 2. The van der Waals surface area contributed by atoms with Crippen LogP contribution in [-0.2, 0) is 0 Å². The largest absolute Gasteiger partial charge is 0.478 e. The van der Waals surface area contributed by atoms with Crippen molar-refractivity contribution in [1.29, 1.82) is 0 Å². The highest BCUT2D eigenvalue weighted by Gasteiger charge is 2.18. The van der Waals surface area contributed by atoms with Crippen molar-refractivity contribution < 1.29 is 9.90 Å². The zero-order chi connectivity index (χ0) is 10.8. The quantitative estimate of drug-likeness (QED) is 0.805. The van der Waals surface area contributed by atoms with Crippen molar-refractivity contribution in [2.24, 2.45) is 0 Å². The molecule has 0 saturated carbocycles. The molecule has 1 N–H and O–H groups in total. The van der Waals surface area contributed by atoms with E-state index in [2.05, 4.69) is 4.90 Å². The summed E-state index contributed by atoms with van der Waals surface area (Å²) in [6.45, 7) is 3.87. The van der Waals surface area contributed by atoms with E-state index in [-0.39, 0.29) is 0 Å². The number of hydrogen-bond donors (Lipinski definition) is 1. The molecule has 1 saturated heterocycles. The van der Waals surface area contributed by atoms with Gasteiger partial charge in [-0.25, -0.2) is 4.79 Å². The first-order valence-electron chi connectivity index (χ1n) is 5.27. The van der Waals surface area contributed by atoms with Crippen molar-refractivity contribution in [3.05, 3.63) is 29.3 Å². The normalized spacial score (nSPS) is 15.7. The minimum Gasteiger partial charge on any atom is -0.478 e. The summed E-state index contributed by atoms with van der Waals surface area (Å²) in [6.07, 6.45) is 2.32. The lowest BCUT2D eigenvalue weighted by Crippen LogP contribution is -2.20. The highest BCUT2D eigenvalue weighted by molar-refractivity contribution is 5.94. The first-order chi connectivity index (χ1) is 7.18. The fourth-order valence-corrected chi connectivity index (χ4v) is 2.05. The molecule has 0 aliphatic carbocycles. The molecule has 15 heavy (non-hydrogen) atoms. The Labute approximate surface area is 89.3 Å². The number of benzene rings is 1. The van der Waals surface area contributed by atoms with Gasteiger partial charge in [0.25, 0.3) is 0 Å². The van der Waals surface area contributed by atoms with Crippen LogP contribution in [0.1, 0.15) is 28.8 Å². The number of carbonyl (C=O) groups is 1. The Morgan fingerprint density at radius 3 is 2.60 bits per heavy atom. The van der Waals surface area contributed by atoms with E-state index in [1.807, 2.05) is 19.1 Å². The molecule has 2 rings (SSSR count). The molecule has 1 aliphatic heterocycles. The Morgan fingerprint density at radius 1 is 1.33 bits per heavy atom. The molecule has 1 aromatic carbocycles. The highest BCUT2D eigenvalue weighted by atomic mass is 16.4. The van der Waals surface area contributed by atoms with E-state index in [9.17, 15) is 4.79 Å². The van der Waals surface area contributed by atoms with Crippen LogP contribution in [0.3, 0.4) is 0 Å². The molecule has 0 atom stereocenters. The molecule has 1 fully saturated rings. The monoisotopic (exact) mass is 205 g/mol. The lowest BCUT2D eigenvalue weighted by molar-refractivity contribution is 0.0697. The van der Waals surface area contributed by atoms with Crippen molar-refractivity contribution in [2.75, 3.05) is 18.0 Å². The molecule has 0 unspecified atom stereocenters. The summed E-state index contributed by atoms with van der Waals surface area (Å²) in [5, 5.41) is 9.12. The number of anilines is 1. The molecule has 0 amide bonds. The number of carboxylic acids is 1. The Hall–Kier alpha value is -1.51. The van der Waals surface area contributed by atoms with Gasteiger partial charge < -0.3 is 10.0 Å². The third-order valence-electron chi connectivity index (χ3n) is 2.83. The maximum atomic E-state index is 11.1. The molecule has 1 aromatic rings. The summed E-state index contributed by atoms with van der Waals surface area (Å²) < 4.78 is 0. The number of aromatic carboxylic acids is 1. The zero-order valence-corrected chi connectivity index (χ0v) is 8.86. The molecule has 0 aromatic heterocycles. The molecule has 80 valence electrons. The molecule has 0 bridgehead atoms. The number of aryl methyl sites for hydroxylation is 1. The van der Waals surface area contributed by atoms with Gasteiger partial charge in [-0.2, -0.15) is 0 Å². The lowest BCUT2D eigenvalue weighted by atomic mass is 10.1. The van der Waals surface area contributed by atoms with Crippen LogP contribution in [0, 0.1) is 6.92 Å². The molecular formula is C12H15NO2. The molecule has 3 nitrogen and oxygen atoms in total. The average molecular weight is 205 g/mol. The predicted octanol–water partition coefficient (Wildman–Crippen LogP) is 2.29. The molecule has 0 radical (unpaired) electrons. The molecule has 0 spiro atoms. The second-order valence-corrected chi connectivity index (χ2v) is 4.02. The van der Waals surface area contributed by atoms with E-state index in [0.29, 0.717) is 5.56 Å². The maximum absolute atomic E-state index is 11.1. The van der Waals surface area contributed by atoms with E-state index < -0.39 is 5.97 Å². The Kier molecular flexibility index (Phi) is 2.62. The highest BCUT2D eigenvalue weighted by Crippen LogP contribution is 2.25. The van der Waals surface area contributed by atoms with Gasteiger partial charge in [-0.15, -0.1) is 0 Å². The van der Waals surface area contributed by atoms with Crippen LogP contribution in [0.4, 0.5) is 5.69 Å². The Bertz CT molecular complexity index is 381. The van der Waals surface area contributed by atoms with E-state index in [1.165, 1.54) is 0 Å². The van der Waals surface area contributed by atoms with Gasteiger partial charge >= 0.3 is 5.97 Å². The van der Waals surface area contributed by atoms with Gasteiger partial charge in [0.05, 0.1) is 11.3 Å². The summed E-state index contributed by atoms with van der Waals surface area (Å²) in [4.78, 5) is 13.3. The number of rotatable bonds is 2. The zero-order valence-electron chi connectivity index (χ0n) is 8.86. The van der Waals surface area contributed by atoms with Crippen LogP contribution < -0.4 is 4.90 Å². The summed E-state index contributed by atoms with van der Waals surface area (Å²) in [6, 6.07) is 5.64. The fourth-order valence-electron chi connectivity index (χ4n) is 2.05. The van der Waals surface area contributed by atoms with Gasteiger partial charge in [0.15, 0.2) is 0 Å². The number of nitrogens with zero attached hydrogens (tertiary/aromatic N) is 1. The summed E-state index contributed by atoms with van der Waals surface area (Å²) >= 11 is 0. The summed E-state index contributed by atoms with van der Waals surface area (Å²) in [7, 11) is 0. The van der Waals surface area contributed by atoms with Crippen LogP contribution in [0.2, 0.25) is 0 Å². The molecule has 3 heteroatoms. The maximum Gasteiger partial charge on any atom is 0.337 e. The van der Waals surface area contributed by atoms with Gasteiger partial charge in [-0.3, -0.25) is 0 Å². The summed E-state index contributed by atoms with van der Waals surface area (Å²) in [5.74, 6) is -0.833. The topological polar surface area (TPSA) is 40.5 Å². The van der Waals surface area contributed by atoms with Crippen molar-refractivity contribution in [3.8, 4) is 0 Å². The Balaban J connectivity index is 2.40. The van der Waals surface area contributed by atoms with Gasteiger partial charge in [-0.1, -0.05) is 11.6 Å². The first-order valence-corrected chi connectivity index (χ1v) is 5.27. The molecular weight excluding hydrogens is 190 g/mol. The van der Waals surface area contributed by atoms with Crippen LogP contribution in [0.15, 0.2) is 18.2 Å². The van der Waals surface area contributed by atoms with Crippen molar-refractivity contribution in [1.82, 2.24) is 0 Å². The van der Waals surface area contributed by atoms with E-state index in [1.54, 1.807) is 6.07 Å². The van der Waals surface area contributed by atoms with Crippen molar-refractivity contribution in [2.45, 2.75) is 19.8 Å². The van der Waals surface area contributed by atoms with Crippen molar-refractivity contribution in [3.63, 3.8) is 0 Å². The minimum atomic E-state index is -0.833. The average Bonchev–Trinajstić information content (AvgIpc) is 2.70. The van der Waals surface area contributed by atoms with E-state index in [0.717, 1.165) is 37.2 Å². The van der Waals surface area contributed by atoms with E-state index >= 15 is 0 Å². The second kappa shape index (κ2) is 3.93. The summed E-state index contributed by atoms with van der Waals surface area (Å²) in [5.41, 5.74) is 2.29. The predicted molar refractivity (Wildman–Crippen MR) is 59.6 cm³/mol. The lowest BCUT2D eigenvalue weighted by Gasteiger charge is -2.20. The standard InChI is InChI=1S/C12H15NO2/c1-9-4-5-11(10(8-9)12(14)15)13-6-2-3-7-13/h4-5,8H,2-3,6-7H2,1H3,(H,14,15). The van der Waals surface area contributed by atoms with Gasteiger partial charge in [0.2, 0.25) is 0 Å². The SMILES string of the molecule is Cc1ccc(N2CCCC2)c(C(=O)O)c1. The molecule has 1 heterocycles. The third kappa shape index (κ3) is 1.96. The van der Waals surface area contributed by atoms with Crippen LogP contribution in [0.5, 0.6) is 0 Å². The number of carboxylic acid groups (broad SMARTS) is 1. The first kappa shape index (κ1) is 10.0. The smallest absolute Gasteiger partial charge is 0.337 e. The van der Waals surface area contributed by atoms with Gasteiger partial charge in [-0.05, 0) is 31.9 Å². The second-order valence-electron chi connectivity index (χ2n) is 4.02. The fraction of sp³-hybridized carbons (Fsp3) is 0.417. The van der Waals surface area contributed by atoms with Crippen molar-refractivity contribution >= 4 is 11.7 Å². The molecule has 1 aliphatic rings. The van der Waals surface area contributed by atoms with Crippen LogP contribution in [-0.4, -0.2) is 24.2 Å². The Morgan fingerprint density at radius 2 is 2.00 bits per heavy atom. The van der Waals surface area contributed by atoms with Gasteiger partial charge in [0.1, 0.15) is 0 Å². The van der Waals surface area contributed by atoms with Gasteiger partial charge in [0, 0.05) is 13.1 Å². The minimum absolute atomic E-state index is 0.428. The van der Waals surface area contributed by atoms with Crippen LogP contribution in [0.25, 0.3) is 0 Å². The van der Waals surface area contributed by atoms with Crippen LogP contribution >= 0.6 is 0 Å². The third-order valence-corrected chi connectivity index (χ3v) is 2.83. The van der Waals surface area contributed by atoms with E-state index in [4.69, 9.17) is 5.11 Å².